The number of ether oxygens (including phenoxy) is 2. The third-order valence-electron chi connectivity index (χ3n) is 3.25. The first kappa shape index (κ1) is 13.8. The summed E-state index contributed by atoms with van der Waals surface area (Å²) in [5.74, 6) is 0. The SMILES string of the molecule is COC(Cc1cccc(Cl)c1)CN1CCOCC1. The van der Waals surface area contributed by atoms with Crippen molar-refractivity contribution < 1.29 is 9.47 Å². The van der Waals surface area contributed by atoms with E-state index in [1.807, 2.05) is 18.2 Å². The Morgan fingerprint density at radius 2 is 2.17 bits per heavy atom. The number of benzene rings is 1. The van der Waals surface area contributed by atoms with E-state index in [1.165, 1.54) is 5.56 Å². The van der Waals surface area contributed by atoms with Crippen LogP contribution in [0.25, 0.3) is 0 Å². The normalized spacial score (nSPS) is 18.8. The third kappa shape index (κ3) is 4.25. The number of nitrogens with zero attached hydrogens (tertiary/aromatic N) is 1. The molecule has 1 aliphatic heterocycles. The molecule has 0 bridgehead atoms. The van der Waals surface area contributed by atoms with Gasteiger partial charge in [-0.25, -0.2) is 0 Å². The second-order valence-electron chi connectivity index (χ2n) is 4.60. The molecule has 1 aromatic rings. The van der Waals surface area contributed by atoms with Gasteiger partial charge in [-0.2, -0.15) is 0 Å². The predicted molar refractivity (Wildman–Crippen MR) is 73.2 cm³/mol. The van der Waals surface area contributed by atoms with Gasteiger partial charge in [-0.1, -0.05) is 23.7 Å². The summed E-state index contributed by atoms with van der Waals surface area (Å²) in [7, 11) is 1.77. The van der Waals surface area contributed by atoms with Crippen molar-refractivity contribution in [3.8, 4) is 0 Å². The van der Waals surface area contributed by atoms with Crippen LogP contribution in [0.15, 0.2) is 24.3 Å². The van der Waals surface area contributed by atoms with Crippen LogP contribution in [-0.2, 0) is 15.9 Å². The molecule has 1 heterocycles. The van der Waals surface area contributed by atoms with E-state index in [1.54, 1.807) is 7.11 Å². The van der Waals surface area contributed by atoms with Gasteiger partial charge in [0, 0.05) is 31.8 Å². The molecule has 0 spiro atoms. The Bertz CT molecular complexity index is 367. The summed E-state index contributed by atoms with van der Waals surface area (Å²) in [5.41, 5.74) is 1.22. The zero-order valence-electron chi connectivity index (χ0n) is 10.8. The minimum Gasteiger partial charge on any atom is -0.380 e. The number of hydrogen-bond acceptors (Lipinski definition) is 3. The van der Waals surface area contributed by atoms with Gasteiger partial charge in [0.05, 0.1) is 19.3 Å². The average Bonchev–Trinajstić information content (AvgIpc) is 2.39. The Labute approximate surface area is 114 Å². The average molecular weight is 270 g/mol. The van der Waals surface area contributed by atoms with Gasteiger partial charge < -0.3 is 9.47 Å². The van der Waals surface area contributed by atoms with Crippen molar-refractivity contribution in [2.24, 2.45) is 0 Å². The van der Waals surface area contributed by atoms with Gasteiger partial charge >= 0.3 is 0 Å². The first-order chi connectivity index (χ1) is 8.78. The van der Waals surface area contributed by atoms with Gasteiger partial charge in [-0.3, -0.25) is 4.90 Å². The number of halogens is 1. The van der Waals surface area contributed by atoms with Crippen LogP contribution in [-0.4, -0.2) is 51.0 Å². The highest BCUT2D eigenvalue weighted by Crippen LogP contribution is 2.14. The Morgan fingerprint density at radius 1 is 1.39 bits per heavy atom. The highest BCUT2D eigenvalue weighted by Gasteiger charge is 2.16. The van der Waals surface area contributed by atoms with E-state index in [9.17, 15) is 0 Å². The van der Waals surface area contributed by atoms with E-state index in [2.05, 4.69) is 11.0 Å². The number of rotatable bonds is 5. The van der Waals surface area contributed by atoms with Crippen LogP contribution in [0.1, 0.15) is 5.56 Å². The lowest BCUT2D eigenvalue weighted by molar-refractivity contribution is 0.00310. The third-order valence-corrected chi connectivity index (χ3v) is 3.49. The van der Waals surface area contributed by atoms with Crippen molar-refractivity contribution in [1.82, 2.24) is 4.90 Å². The monoisotopic (exact) mass is 269 g/mol. The molecule has 0 saturated carbocycles. The van der Waals surface area contributed by atoms with Crippen molar-refractivity contribution in [3.63, 3.8) is 0 Å². The fourth-order valence-electron chi connectivity index (χ4n) is 2.22. The second-order valence-corrected chi connectivity index (χ2v) is 5.04. The maximum Gasteiger partial charge on any atom is 0.0738 e. The van der Waals surface area contributed by atoms with Gasteiger partial charge in [0.25, 0.3) is 0 Å². The lowest BCUT2D eigenvalue weighted by Crippen LogP contribution is -2.42. The fraction of sp³-hybridized carbons (Fsp3) is 0.571. The summed E-state index contributed by atoms with van der Waals surface area (Å²) < 4.78 is 10.9. The molecule has 0 aromatic heterocycles. The first-order valence-corrected chi connectivity index (χ1v) is 6.73. The number of methoxy groups -OCH3 is 1. The minimum absolute atomic E-state index is 0.210. The molecule has 1 unspecified atom stereocenters. The molecule has 0 radical (unpaired) electrons. The highest BCUT2D eigenvalue weighted by molar-refractivity contribution is 6.30. The van der Waals surface area contributed by atoms with Crippen LogP contribution in [0.3, 0.4) is 0 Å². The molecule has 3 nitrogen and oxygen atoms in total. The van der Waals surface area contributed by atoms with Gasteiger partial charge in [0.1, 0.15) is 0 Å². The van der Waals surface area contributed by atoms with Gasteiger partial charge in [-0.05, 0) is 24.1 Å². The smallest absolute Gasteiger partial charge is 0.0738 e. The summed E-state index contributed by atoms with van der Waals surface area (Å²) in [6.45, 7) is 4.60. The van der Waals surface area contributed by atoms with Crippen molar-refractivity contribution in [2.45, 2.75) is 12.5 Å². The Kier molecular flexibility index (Phi) is 5.45. The van der Waals surface area contributed by atoms with Crippen molar-refractivity contribution >= 4 is 11.6 Å². The fourth-order valence-corrected chi connectivity index (χ4v) is 2.43. The molecule has 1 saturated heterocycles. The van der Waals surface area contributed by atoms with Gasteiger partial charge in [0.15, 0.2) is 0 Å². The zero-order chi connectivity index (χ0) is 12.8. The molecule has 1 fully saturated rings. The molecule has 4 heteroatoms. The minimum atomic E-state index is 0.210. The molecule has 1 aromatic carbocycles. The summed E-state index contributed by atoms with van der Waals surface area (Å²) in [6, 6.07) is 7.98. The van der Waals surface area contributed by atoms with E-state index in [0.717, 1.165) is 44.3 Å². The molecule has 2 rings (SSSR count). The maximum atomic E-state index is 6.00. The molecule has 100 valence electrons. The molecule has 0 aliphatic carbocycles. The quantitative estimate of drug-likeness (QED) is 0.818. The van der Waals surface area contributed by atoms with E-state index < -0.39 is 0 Å². The van der Waals surface area contributed by atoms with E-state index >= 15 is 0 Å². The predicted octanol–water partition coefficient (Wildman–Crippen LogP) is 2.23. The maximum absolute atomic E-state index is 6.00. The Hall–Kier alpha value is -0.610. The van der Waals surface area contributed by atoms with Crippen LogP contribution in [0.2, 0.25) is 5.02 Å². The molecule has 0 amide bonds. The lowest BCUT2D eigenvalue weighted by atomic mass is 10.1. The molecule has 1 atom stereocenters. The summed E-state index contributed by atoms with van der Waals surface area (Å²) in [4.78, 5) is 2.39. The molecule has 18 heavy (non-hydrogen) atoms. The van der Waals surface area contributed by atoms with Crippen LogP contribution in [0.5, 0.6) is 0 Å². The van der Waals surface area contributed by atoms with E-state index in [4.69, 9.17) is 21.1 Å². The summed E-state index contributed by atoms with van der Waals surface area (Å²) in [6.07, 6.45) is 1.11. The Morgan fingerprint density at radius 3 is 2.83 bits per heavy atom. The molecular weight excluding hydrogens is 250 g/mol. The largest absolute Gasteiger partial charge is 0.380 e. The molecular formula is C14H20ClNO2. The van der Waals surface area contributed by atoms with Crippen molar-refractivity contribution in [1.29, 1.82) is 0 Å². The van der Waals surface area contributed by atoms with Crippen LogP contribution in [0, 0.1) is 0 Å². The van der Waals surface area contributed by atoms with Crippen molar-refractivity contribution in [3.05, 3.63) is 34.9 Å². The first-order valence-electron chi connectivity index (χ1n) is 6.35. The number of morpholine rings is 1. The topological polar surface area (TPSA) is 21.7 Å². The molecule has 0 N–H and O–H groups in total. The second kappa shape index (κ2) is 7.10. The van der Waals surface area contributed by atoms with Crippen LogP contribution in [0.4, 0.5) is 0 Å². The standard InChI is InChI=1S/C14H20ClNO2/c1-17-14(11-16-5-7-18-8-6-16)10-12-3-2-4-13(15)9-12/h2-4,9,14H,5-8,10-11H2,1H3. The van der Waals surface area contributed by atoms with Crippen molar-refractivity contribution in [2.75, 3.05) is 40.0 Å². The zero-order valence-corrected chi connectivity index (χ0v) is 11.5. The number of hydrogen-bond donors (Lipinski definition) is 0. The lowest BCUT2D eigenvalue weighted by Gasteiger charge is -2.29. The summed E-state index contributed by atoms with van der Waals surface area (Å²) >= 11 is 6.00. The highest BCUT2D eigenvalue weighted by atomic mass is 35.5. The Balaban J connectivity index is 1.88. The van der Waals surface area contributed by atoms with Gasteiger partial charge in [-0.15, -0.1) is 0 Å². The molecule has 1 aliphatic rings. The van der Waals surface area contributed by atoms with E-state index in [-0.39, 0.29) is 6.10 Å². The van der Waals surface area contributed by atoms with E-state index in [0.29, 0.717) is 0 Å². The summed E-state index contributed by atoms with van der Waals surface area (Å²) in [5, 5.41) is 0.786. The van der Waals surface area contributed by atoms with Crippen LogP contribution < -0.4 is 0 Å². The van der Waals surface area contributed by atoms with Gasteiger partial charge in [0.2, 0.25) is 0 Å². The van der Waals surface area contributed by atoms with Crippen LogP contribution >= 0.6 is 11.6 Å².